The summed E-state index contributed by atoms with van der Waals surface area (Å²) in [5, 5.41) is 20.9. The molecule has 35 heavy (non-hydrogen) atoms. The summed E-state index contributed by atoms with van der Waals surface area (Å²) in [6.45, 7) is 1.80. The lowest BCUT2D eigenvalue weighted by molar-refractivity contribution is -0.113. The first-order chi connectivity index (χ1) is 17.0. The second-order valence-electron chi connectivity index (χ2n) is 7.90. The van der Waals surface area contributed by atoms with Gasteiger partial charge in [-0.3, -0.25) is 9.78 Å². The molecular formula is C25H21FN6O2S. The minimum atomic E-state index is -0.598. The van der Waals surface area contributed by atoms with Gasteiger partial charge < -0.3 is 15.7 Å². The lowest BCUT2D eigenvalue weighted by atomic mass is 9.95. The molecule has 2 aromatic heterocycles. The third-order valence-corrected chi connectivity index (χ3v) is 6.41. The van der Waals surface area contributed by atoms with Crippen molar-refractivity contribution in [3.63, 3.8) is 0 Å². The molecule has 2 aromatic carbocycles. The van der Waals surface area contributed by atoms with Crippen molar-refractivity contribution in [1.29, 1.82) is 0 Å². The third-order valence-electron chi connectivity index (χ3n) is 5.52. The van der Waals surface area contributed by atoms with Crippen molar-refractivity contribution >= 4 is 29.3 Å². The Bertz CT molecular complexity index is 1410. The van der Waals surface area contributed by atoms with Crippen LogP contribution in [0, 0.1) is 5.82 Å². The van der Waals surface area contributed by atoms with Crippen LogP contribution in [0.1, 0.15) is 24.1 Å². The number of halogens is 1. The topological polar surface area (TPSA) is 105 Å². The second kappa shape index (κ2) is 9.59. The van der Waals surface area contributed by atoms with Crippen molar-refractivity contribution in [3.8, 4) is 5.75 Å². The number of hydrogen-bond acceptors (Lipinski definition) is 7. The predicted octanol–water partition coefficient (Wildman–Crippen LogP) is 4.74. The first kappa shape index (κ1) is 22.6. The zero-order valence-electron chi connectivity index (χ0n) is 18.6. The Balaban J connectivity index is 1.49. The molecule has 1 unspecified atom stereocenters. The van der Waals surface area contributed by atoms with Crippen LogP contribution < -0.4 is 10.6 Å². The monoisotopic (exact) mass is 488 g/mol. The van der Waals surface area contributed by atoms with Gasteiger partial charge in [0, 0.05) is 17.6 Å². The number of phenols is 1. The van der Waals surface area contributed by atoms with E-state index in [1.165, 1.54) is 17.8 Å². The molecule has 1 amide bonds. The average molecular weight is 489 g/mol. The highest BCUT2D eigenvalue weighted by atomic mass is 32.2. The highest BCUT2D eigenvalue weighted by Gasteiger charge is 2.34. The number of hydrogen-bond donors (Lipinski definition) is 3. The number of nitrogens with one attached hydrogen (secondary N) is 2. The van der Waals surface area contributed by atoms with Gasteiger partial charge in [0.25, 0.3) is 5.91 Å². The van der Waals surface area contributed by atoms with Crippen molar-refractivity contribution in [3.05, 3.63) is 101 Å². The lowest BCUT2D eigenvalue weighted by Crippen LogP contribution is -2.31. The van der Waals surface area contributed by atoms with Crippen LogP contribution >= 0.6 is 11.8 Å². The van der Waals surface area contributed by atoms with Crippen LogP contribution in [0.4, 0.5) is 16.0 Å². The van der Waals surface area contributed by atoms with E-state index in [1.807, 2.05) is 0 Å². The normalized spacial score (nSPS) is 14.9. The van der Waals surface area contributed by atoms with Crippen LogP contribution in [0.3, 0.4) is 0 Å². The summed E-state index contributed by atoms with van der Waals surface area (Å²) in [7, 11) is 0. The fourth-order valence-corrected chi connectivity index (χ4v) is 4.66. The van der Waals surface area contributed by atoms with E-state index in [4.69, 9.17) is 0 Å². The number of rotatable bonds is 6. The molecule has 5 rings (SSSR count). The molecule has 0 saturated carbocycles. The van der Waals surface area contributed by atoms with Gasteiger partial charge in [0.15, 0.2) is 0 Å². The summed E-state index contributed by atoms with van der Waals surface area (Å²) >= 11 is 1.30. The van der Waals surface area contributed by atoms with Crippen LogP contribution in [-0.4, -0.2) is 30.8 Å². The zero-order valence-corrected chi connectivity index (χ0v) is 19.5. The van der Waals surface area contributed by atoms with E-state index in [1.54, 1.807) is 78.6 Å². The number of carbonyl (C=O) groups is 1. The Kier molecular flexibility index (Phi) is 6.19. The fourth-order valence-electron chi connectivity index (χ4n) is 3.84. The Labute approximate surface area is 204 Å². The summed E-state index contributed by atoms with van der Waals surface area (Å²) in [6.07, 6.45) is 3.20. The molecule has 0 bridgehead atoms. The highest BCUT2D eigenvalue weighted by Crippen LogP contribution is 2.37. The number of benzene rings is 2. The molecule has 3 N–H and O–H groups in total. The van der Waals surface area contributed by atoms with Gasteiger partial charge in [-0.2, -0.15) is 4.98 Å². The Morgan fingerprint density at radius 3 is 2.71 bits per heavy atom. The maximum atomic E-state index is 14.1. The smallest absolute Gasteiger partial charge is 0.255 e. The van der Waals surface area contributed by atoms with Crippen LogP contribution in [0.15, 0.2) is 89.5 Å². The van der Waals surface area contributed by atoms with Gasteiger partial charge in [-0.15, -0.1) is 5.10 Å². The van der Waals surface area contributed by atoms with Crippen LogP contribution in [0.25, 0.3) is 0 Å². The Hall–Kier alpha value is -4.18. The van der Waals surface area contributed by atoms with Gasteiger partial charge in [0.1, 0.15) is 17.6 Å². The number of aromatic nitrogens is 4. The fraction of sp³-hybridized carbons (Fsp3) is 0.120. The largest absolute Gasteiger partial charge is 0.508 e. The summed E-state index contributed by atoms with van der Waals surface area (Å²) < 4.78 is 15.7. The van der Waals surface area contributed by atoms with E-state index in [0.29, 0.717) is 39.4 Å². The maximum Gasteiger partial charge on any atom is 0.255 e. The van der Waals surface area contributed by atoms with Crippen molar-refractivity contribution in [1.82, 2.24) is 19.7 Å². The van der Waals surface area contributed by atoms with Crippen molar-refractivity contribution in [2.45, 2.75) is 23.9 Å². The molecule has 3 heterocycles. The first-order valence-electron chi connectivity index (χ1n) is 10.8. The molecule has 0 aliphatic carbocycles. The Morgan fingerprint density at radius 2 is 1.97 bits per heavy atom. The lowest BCUT2D eigenvalue weighted by Gasteiger charge is -2.28. The third kappa shape index (κ3) is 4.73. The molecular weight excluding hydrogens is 467 g/mol. The summed E-state index contributed by atoms with van der Waals surface area (Å²) in [5.41, 5.74) is 2.93. The standard InChI is InChI=1S/C25H21FN6O2S/c1-15-21(23(34)29-18-6-4-12-27-13-18)22(16-8-10-19(33)11-9-16)32-24(28-15)30-25(31-32)35-14-17-5-2-3-7-20(17)26/h2-13,22,33H,14H2,1H3,(H,29,34)(H,28,30,31). The van der Waals surface area contributed by atoms with Crippen LogP contribution in [0.5, 0.6) is 5.75 Å². The van der Waals surface area contributed by atoms with Crippen molar-refractivity contribution < 1.29 is 14.3 Å². The molecule has 10 heteroatoms. The number of aromatic hydroxyl groups is 1. The minimum Gasteiger partial charge on any atom is -0.508 e. The second-order valence-corrected chi connectivity index (χ2v) is 8.84. The van der Waals surface area contributed by atoms with E-state index >= 15 is 0 Å². The van der Waals surface area contributed by atoms with Gasteiger partial charge in [0.2, 0.25) is 11.1 Å². The molecule has 0 spiro atoms. The number of fused-ring (bicyclic) bond motifs is 1. The minimum absolute atomic E-state index is 0.115. The molecule has 1 atom stereocenters. The van der Waals surface area contributed by atoms with E-state index in [2.05, 4.69) is 25.7 Å². The van der Waals surface area contributed by atoms with Crippen LogP contribution in [-0.2, 0) is 10.5 Å². The highest BCUT2D eigenvalue weighted by molar-refractivity contribution is 7.98. The van der Waals surface area contributed by atoms with E-state index in [-0.39, 0.29) is 17.5 Å². The predicted molar refractivity (Wildman–Crippen MR) is 131 cm³/mol. The number of nitrogens with zero attached hydrogens (tertiary/aromatic N) is 4. The molecule has 4 aromatic rings. The quantitative estimate of drug-likeness (QED) is 0.337. The van der Waals surface area contributed by atoms with E-state index in [9.17, 15) is 14.3 Å². The van der Waals surface area contributed by atoms with Crippen molar-refractivity contribution in [2.75, 3.05) is 10.6 Å². The number of allylic oxidation sites excluding steroid dienone is 1. The number of anilines is 2. The average Bonchev–Trinajstić information content (AvgIpc) is 3.26. The van der Waals surface area contributed by atoms with Gasteiger partial charge in [-0.25, -0.2) is 9.07 Å². The summed E-state index contributed by atoms with van der Waals surface area (Å²) in [4.78, 5) is 22.0. The van der Waals surface area contributed by atoms with Gasteiger partial charge in [0.05, 0.1) is 17.5 Å². The molecule has 1 aliphatic heterocycles. The number of thioether (sulfide) groups is 1. The molecule has 0 fully saturated rings. The van der Waals surface area contributed by atoms with Gasteiger partial charge in [-0.1, -0.05) is 42.1 Å². The van der Waals surface area contributed by atoms with E-state index < -0.39 is 6.04 Å². The number of carbonyl (C=O) groups excluding carboxylic acids is 1. The Morgan fingerprint density at radius 1 is 1.17 bits per heavy atom. The number of phenolic OH excluding ortho intramolecular Hbond substituents is 1. The molecule has 0 saturated heterocycles. The number of pyridine rings is 1. The number of amides is 1. The zero-order chi connectivity index (χ0) is 24.4. The maximum absolute atomic E-state index is 14.1. The molecule has 176 valence electrons. The van der Waals surface area contributed by atoms with Gasteiger partial charge >= 0.3 is 0 Å². The summed E-state index contributed by atoms with van der Waals surface area (Å²) in [6, 6.07) is 16.1. The molecule has 0 radical (unpaired) electrons. The van der Waals surface area contributed by atoms with Crippen LogP contribution in [0.2, 0.25) is 0 Å². The SMILES string of the molecule is CC1=C(C(=O)Nc2cccnc2)C(c2ccc(O)cc2)n2nc(SCc3ccccc3F)nc2N1. The summed E-state index contributed by atoms with van der Waals surface area (Å²) in [5.74, 6) is 0.346. The first-order valence-corrected chi connectivity index (χ1v) is 11.8. The molecule has 8 nitrogen and oxygen atoms in total. The van der Waals surface area contributed by atoms with E-state index in [0.717, 1.165) is 5.56 Å². The van der Waals surface area contributed by atoms with Crippen molar-refractivity contribution in [2.24, 2.45) is 0 Å². The van der Waals surface area contributed by atoms with Gasteiger partial charge in [-0.05, 0) is 48.4 Å². The molecule has 1 aliphatic rings.